The largest absolute Gasteiger partial charge is 0.478 e. The fourth-order valence-corrected chi connectivity index (χ4v) is 5.82. The number of halogens is 1. The van der Waals surface area contributed by atoms with Crippen LogP contribution in [0.15, 0.2) is 138 Å². The van der Waals surface area contributed by atoms with Gasteiger partial charge in [-0.25, -0.2) is 4.79 Å². The maximum Gasteiger partial charge on any atom is 0.337 e. The van der Waals surface area contributed by atoms with Crippen LogP contribution in [0, 0.1) is 6.92 Å². The number of nitrogens with one attached hydrogen (secondary N) is 3. The zero-order chi connectivity index (χ0) is 34.0. The first-order valence-corrected chi connectivity index (χ1v) is 16.0. The number of hydrogen-bond donors (Lipinski definition) is 4. The maximum absolute atomic E-state index is 13.5. The zero-order valence-corrected chi connectivity index (χ0v) is 27.2. The van der Waals surface area contributed by atoms with Crippen molar-refractivity contribution >= 4 is 64.5 Å². The first kappa shape index (κ1) is 33.7. The maximum atomic E-state index is 13.5. The smallest absolute Gasteiger partial charge is 0.337 e. The summed E-state index contributed by atoms with van der Waals surface area (Å²) in [5, 5.41) is 17.2. The molecule has 0 aliphatic carbocycles. The number of hydrogen-bond acceptors (Lipinski definition) is 5. The molecule has 4 N–H and O–H groups in total. The van der Waals surface area contributed by atoms with Gasteiger partial charge in [-0.2, -0.15) is 0 Å². The van der Waals surface area contributed by atoms with Crippen molar-refractivity contribution in [3.05, 3.63) is 166 Å². The molecule has 0 saturated carbocycles. The zero-order valence-electron chi connectivity index (χ0n) is 25.6. The van der Waals surface area contributed by atoms with E-state index in [1.54, 1.807) is 66.7 Å². The second kappa shape index (κ2) is 15.8. The molecule has 3 amide bonds. The molecule has 0 aromatic heterocycles. The predicted octanol–water partition coefficient (Wildman–Crippen LogP) is 8.23. The van der Waals surface area contributed by atoms with Crippen molar-refractivity contribution in [2.24, 2.45) is 0 Å². The Morgan fingerprint density at radius 2 is 1.38 bits per heavy atom. The van der Waals surface area contributed by atoms with Crippen LogP contribution < -0.4 is 16.0 Å². The molecule has 1 unspecified atom stereocenters. The molecule has 1 atom stereocenters. The van der Waals surface area contributed by atoms with Crippen LogP contribution in [0.1, 0.15) is 42.7 Å². The van der Waals surface area contributed by atoms with E-state index in [4.69, 9.17) is 11.6 Å². The molecule has 5 aromatic carbocycles. The van der Waals surface area contributed by atoms with Gasteiger partial charge < -0.3 is 21.1 Å². The number of rotatable bonds is 11. The summed E-state index contributed by atoms with van der Waals surface area (Å²) < 4.78 is 0. The van der Waals surface area contributed by atoms with E-state index < -0.39 is 23.0 Å². The van der Waals surface area contributed by atoms with Crippen LogP contribution in [0.2, 0.25) is 5.02 Å². The molecule has 0 bridgehead atoms. The highest BCUT2D eigenvalue weighted by Crippen LogP contribution is 2.37. The van der Waals surface area contributed by atoms with E-state index >= 15 is 0 Å². The van der Waals surface area contributed by atoms with Crippen molar-refractivity contribution in [2.75, 3.05) is 10.6 Å². The highest BCUT2D eigenvalue weighted by atomic mass is 35.5. The summed E-state index contributed by atoms with van der Waals surface area (Å²) in [6.45, 7) is 1.96. The molecule has 240 valence electrons. The second-order valence-corrected chi connectivity index (χ2v) is 12.3. The first-order valence-electron chi connectivity index (χ1n) is 14.8. The Morgan fingerprint density at radius 1 is 0.750 bits per heavy atom. The van der Waals surface area contributed by atoms with Gasteiger partial charge in [0.2, 0.25) is 5.91 Å². The van der Waals surface area contributed by atoms with Gasteiger partial charge >= 0.3 is 5.97 Å². The summed E-state index contributed by atoms with van der Waals surface area (Å²) in [5.41, 5.74) is 3.70. The van der Waals surface area contributed by atoms with Crippen LogP contribution >= 0.6 is 23.4 Å². The van der Waals surface area contributed by atoms with Crippen LogP contribution in [0.25, 0.3) is 6.08 Å². The van der Waals surface area contributed by atoms with Crippen molar-refractivity contribution in [3.63, 3.8) is 0 Å². The molecule has 0 aliphatic rings. The van der Waals surface area contributed by atoms with Gasteiger partial charge in [-0.1, -0.05) is 90.0 Å². The van der Waals surface area contributed by atoms with Gasteiger partial charge in [-0.3, -0.25) is 14.4 Å². The number of benzene rings is 5. The van der Waals surface area contributed by atoms with Crippen LogP contribution in [-0.2, 0) is 9.59 Å². The van der Waals surface area contributed by atoms with Crippen LogP contribution in [-0.4, -0.2) is 28.8 Å². The van der Waals surface area contributed by atoms with E-state index in [1.807, 2.05) is 61.5 Å². The molecule has 0 fully saturated rings. The van der Waals surface area contributed by atoms with Crippen LogP contribution in [0.3, 0.4) is 0 Å². The van der Waals surface area contributed by atoms with E-state index in [-0.39, 0.29) is 22.2 Å². The summed E-state index contributed by atoms with van der Waals surface area (Å²) >= 11 is 7.29. The van der Waals surface area contributed by atoms with Gasteiger partial charge in [0.25, 0.3) is 11.8 Å². The molecule has 5 rings (SSSR count). The van der Waals surface area contributed by atoms with Gasteiger partial charge in [0, 0.05) is 21.8 Å². The summed E-state index contributed by atoms with van der Waals surface area (Å²) in [4.78, 5) is 52.2. The quantitative estimate of drug-likeness (QED) is 0.0826. The average molecular weight is 676 g/mol. The normalized spacial score (nSPS) is 11.7. The van der Waals surface area contributed by atoms with E-state index in [0.29, 0.717) is 16.9 Å². The van der Waals surface area contributed by atoms with Crippen molar-refractivity contribution in [1.29, 1.82) is 0 Å². The molecule has 48 heavy (non-hydrogen) atoms. The first-order chi connectivity index (χ1) is 23.2. The predicted molar refractivity (Wildman–Crippen MR) is 190 cm³/mol. The lowest BCUT2D eigenvalue weighted by Crippen LogP contribution is -2.30. The minimum absolute atomic E-state index is 0.0676. The molecular formula is C38H30ClN3O5S. The number of carbonyl (C=O) groups is 4. The standard InChI is InChI=1S/C38H30ClN3O5S/c1-24-12-14-25(15-13-24)22-33(42-35(43)27-10-6-3-7-11-27)36(44)40-28-16-19-30(20-17-28)48-34(26-8-4-2-5-9-26)37(45)41-29-18-21-32(39)31(23-29)38(46)47/h2-23,34H,1H3,(H,40,44)(H,41,45)(H,42,43)(H,46,47)/b33-22-. The van der Waals surface area contributed by atoms with E-state index in [0.717, 1.165) is 21.6 Å². The highest BCUT2D eigenvalue weighted by molar-refractivity contribution is 8.00. The lowest BCUT2D eigenvalue weighted by Gasteiger charge is -2.18. The molecule has 0 radical (unpaired) electrons. The molecular weight excluding hydrogens is 646 g/mol. The molecule has 5 aromatic rings. The summed E-state index contributed by atoms with van der Waals surface area (Å²) in [6, 6.07) is 36.6. The Bertz CT molecular complexity index is 1970. The molecule has 0 heterocycles. The Kier molecular flexibility index (Phi) is 11.1. The molecule has 8 nitrogen and oxygen atoms in total. The number of anilines is 2. The van der Waals surface area contributed by atoms with Crippen LogP contribution in [0.4, 0.5) is 11.4 Å². The van der Waals surface area contributed by atoms with E-state index in [1.165, 1.54) is 23.9 Å². The fourth-order valence-electron chi connectivity index (χ4n) is 4.60. The van der Waals surface area contributed by atoms with Crippen molar-refractivity contribution in [3.8, 4) is 0 Å². The summed E-state index contributed by atoms with van der Waals surface area (Å²) in [5.74, 6) is -2.49. The number of thioether (sulfide) groups is 1. The number of carboxylic acids is 1. The Balaban J connectivity index is 1.33. The monoisotopic (exact) mass is 675 g/mol. The molecule has 0 aliphatic heterocycles. The molecule has 0 spiro atoms. The second-order valence-electron chi connectivity index (χ2n) is 10.7. The number of amides is 3. The van der Waals surface area contributed by atoms with Gasteiger partial charge in [-0.05, 0) is 78.7 Å². The number of carboxylic acid groups (broad SMARTS) is 1. The third-order valence-corrected chi connectivity index (χ3v) is 8.68. The van der Waals surface area contributed by atoms with Crippen molar-refractivity contribution in [2.45, 2.75) is 17.1 Å². The lowest BCUT2D eigenvalue weighted by atomic mass is 10.1. The number of aromatic carboxylic acids is 1. The van der Waals surface area contributed by atoms with Crippen molar-refractivity contribution in [1.82, 2.24) is 5.32 Å². The van der Waals surface area contributed by atoms with Gasteiger partial charge in [-0.15, -0.1) is 11.8 Å². The minimum atomic E-state index is -1.20. The van der Waals surface area contributed by atoms with E-state index in [2.05, 4.69) is 16.0 Å². The van der Waals surface area contributed by atoms with Crippen LogP contribution in [0.5, 0.6) is 0 Å². The van der Waals surface area contributed by atoms with Gasteiger partial charge in [0.1, 0.15) is 10.9 Å². The Hall–Kier alpha value is -5.64. The summed E-state index contributed by atoms with van der Waals surface area (Å²) in [6.07, 6.45) is 1.61. The third-order valence-electron chi connectivity index (χ3n) is 7.09. The minimum Gasteiger partial charge on any atom is -0.478 e. The van der Waals surface area contributed by atoms with Crippen molar-refractivity contribution < 1.29 is 24.3 Å². The van der Waals surface area contributed by atoms with E-state index in [9.17, 15) is 24.3 Å². The number of carbonyl (C=O) groups excluding carboxylic acids is 3. The summed E-state index contributed by atoms with van der Waals surface area (Å²) in [7, 11) is 0. The number of aryl methyl sites for hydroxylation is 1. The Morgan fingerprint density at radius 3 is 2.02 bits per heavy atom. The topological polar surface area (TPSA) is 125 Å². The fraction of sp³-hybridized carbons (Fsp3) is 0.0526. The lowest BCUT2D eigenvalue weighted by molar-refractivity contribution is -0.116. The van der Waals surface area contributed by atoms with Gasteiger partial charge in [0.05, 0.1) is 10.6 Å². The SMILES string of the molecule is Cc1ccc(/C=C(\NC(=O)c2ccccc2)C(=O)Nc2ccc(SC(C(=O)Nc3ccc(Cl)c(C(=O)O)c3)c3ccccc3)cc2)cc1. The highest BCUT2D eigenvalue weighted by Gasteiger charge is 2.23. The Labute approximate surface area is 286 Å². The third kappa shape index (κ3) is 9.00. The molecule has 0 saturated heterocycles. The average Bonchev–Trinajstić information content (AvgIpc) is 3.10. The molecule has 10 heteroatoms. The van der Waals surface area contributed by atoms with Gasteiger partial charge in [0.15, 0.2) is 0 Å².